The highest BCUT2D eigenvalue weighted by Gasteiger charge is 2.54. The van der Waals surface area contributed by atoms with Gasteiger partial charge in [0.1, 0.15) is 0 Å². The Bertz CT molecular complexity index is 195. The Hall–Kier alpha value is -0.890. The molecule has 0 spiro atoms. The van der Waals surface area contributed by atoms with Gasteiger partial charge in [-0.25, -0.2) is 4.79 Å². The molecule has 1 saturated heterocycles. The fourth-order valence-corrected chi connectivity index (χ4v) is 0.864. The fourth-order valence-electron chi connectivity index (χ4n) is 0.864. The number of carbonyl (C=O) groups excluding carboxylic acids is 1. The number of aliphatic hydroxyl groups excluding tert-OH is 3. The number of rotatable bonds is 4. The molecule has 0 aromatic heterocycles. The summed E-state index contributed by atoms with van der Waals surface area (Å²) in [4.78, 5) is 10.1. The molecule has 76 valence electrons. The molecule has 1 rings (SSSR count). The molecule has 2 atom stereocenters. The minimum Gasteiger partial charge on any atom is -0.394 e. The third-order valence-electron chi connectivity index (χ3n) is 1.59. The van der Waals surface area contributed by atoms with Gasteiger partial charge in [-0.05, 0) is 0 Å². The van der Waals surface area contributed by atoms with E-state index >= 15 is 0 Å². The molecule has 7 heteroatoms. The highest BCUT2D eigenvalue weighted by atomic mass is 17.0. The molecule has 0 saturated carbocycles. The lowest BCUT2D eigenvalue weighted by atomic mass is 10.1. The normalized spacial score (nSPS) is 23.8. The Morgan fingerprint density at radius 2 is 1.92 bits per heavy atom. The Morgan fingerprint density at radius 1 is 1.38 bits per heavy atom. The van der Waals surface area contributed by atoms with Gasteiger partial charge in [0, 0.05) is 6.42 Å². The molecule has 0 aliphatic carbocycles. The SMILES string of the molecule is O=C1OC(O)(C(O)CC(O)CO)O1. The minimum absolute atomic E-state index is 0.361. The van der Waals surface area contributed by atoms with E-state index in [9.17, 15) is 4.79 Å². The first-order valence-electron chi connectivity index (χ1n) is 3.59. The van der Waals surface area contributed by atoms with Gasteiger partial charge in [0.15, 0.2) is 6.10 Å². The van der Waals surface area contributed by atoms with Crippen LogP contribution in [0.1, 0.15) is 6.42 Å². The summed E-state index contributed by atoms with van der Waals surface area (Å²) in [6.45, 7) is -0.568. The van der Waals surface area contributed by atoms with Gasteiger partial charge in [0.25, 0.3) is 0 Å². The molecule has 1 fully saturated rings. The van der Waals surface area contributed by atoms with Crippen molar-refractivity contribution >= 4 is 6.16 Å². The molecule has 0 bridgehead atoms. The van der Waals surface area contributed by atoms with Crippen molar-refractivity contribution in [2.75, 3.05) is 6.61 Å². The number of aliphatic hydroxyl groups is 4. The van der Waals surface area contributed by atoms with Gasteiger partial charge in [0.2, 0.25) is 0 Å². The van der Waals surface area contributed by atoms with Gasteiger partial charge in [-0.15, -0.1) is 0 Å². The predicted octanol–water partition coefficient (Wildman–Crippen LogP) is -2.10. The maximum atomic E-state index is 10.1. The molecule has 1 aliphatic rings. The quantitative estimate of drug-likeness (QED) is 0.379. The third-order valence-corrected chi connectivity index (χ3v) is 1.59. The molecule has 4 N–H and O–H groups in total. The van der Waals surface area contributed by atoms with Gasteiger partial charge < -0.3 is 29.9 Å². The van der Waals surface area contributed by atoms with Crippen LogP contribution in [0.2, 0.25) is 0 Å². The van der Waals surface area contributed by atoms with E-state index in [4.69, 9.17) is 20.4 Å². The van der Waals surface area contributed by atoms with Crippen molar-refractivity contribution in [2.24, 2.45) is 0 Å². The van der Waals surface area contributed by atoms with Crippen LogP contribution in [0, 0.1) is 0 Å². The second kappa shape index (κ2) is 3.46. The largest absolute Gasteiger partial charge is 0.518 e. The lowest BCUT2D eigenvalue weighted by molar-refractivity contribution is -0.420. The van der Waals surface area contributed by atoms with Crippen LogP contribution >= 0.6 is 0 Å². The van der Waals surface area contributed by atoms with Crippen molar-refractivity contribution in [2.45, 2.75) is 24.6 Å². The van der Waals surface area contributed by atoms with E-state index in [1.807, 2.05) is 0 Å². The summed E-state index contributed by atoms with van der Waals surface area (Å²) in [7, 11) is 0. The molecular formula is C6H10O7. The molecule has 0 aromatic carbocycles. The summed E-state index contributed by atoms with van der Waals surface area (Å²) in [5.41, 5.74) is 0. The van der Waals surface area contributed by atoms with Crippen LogP contribution in [0.25, 0.3) is 0 Å². The van der Waals surface area contributed by atoms with Crippen LogP contribution in [0.15, 0.2) is 0 Å². The smallest absolute Gasteiger partial charge is 0.394 e. The summed E-state index contributed by atoms with van der Waals surface area (Å²) >= 11 is 0. The fraction of sp³-hybridized carbons (Fsp3) is 0.833. The zero-order valence-electron chi connectivity index (χ0n) is 6.58. The molecule has 0 amide bonds. The summed E-state index contributed by atoms with van der Waals surface area (Å²) in [5.74, 6) is -2.38. The third kappa shape index (κ3) is 2.07. The van der Waals surface area contributed by atoms with Gasteiger partial charge >= 0.3 is 12.1 Å². The van der Waals surface area contributed by atoms with Gasteiger partial charge in [-0.3, -0.25) is 0 Å². The number of carbonyl (C=O) groups is 1. The number of hydrogen-bond donors (Lipinski definition) is 4. The molecular weight excluding hydrogens is 184 g/mol. The summed E-state index contributed by atoms with van der Waals surface area (Å²) < 4.78 is 8.17. The van der Waals surface area contributed by atoms with Gasteiger partial charge in [0.05, 0.1) is 12.7 Å². The van der Waals surface area contributed by atoms with Crippen molar-refractivity contribution in [3.05, 3.63) is 0 Å². The lowest BCUT2D eigenvalue weighted by Gasteiger charge is -2.37. The Morgan fingerprint density at radius 3 is 2.31 bits per heavy atom. The maximum absolute atomic E-state index is 10.1. The molecule has 7 nitrogen and oxygen atoms in total. The van der Waals surface area contributed by atoms with Crippen LogP contribution in [0.4, 0.5) is 4.79 Å². The topological polar surface area (TPSA) is 116 Å². The van der Waals surface area contributed by atoms with E-state index in [2.05, 4.69) is 9.47 Å². The zero-order chi connectivity index (χ0) is 10.1. The average molecular weight is 194 g/mol. The van der Waals surface area contributed by atoms with E-state index in [-0.39, 0.29) is 6.42 Å². The van der Waals surface area contributed by atoms with Crippen molar-refractivity contribution in [3.63, 3.8) is 0 Å². The van der Waals surface area contributed by atoms with Gasteiger partial charge in [-0.1, -0.05) is 0 Å². The summed E-state index contributed by atoms with van der Waals surface area (Å²) in [6.07, 6.45) is -4.25. The number of cyclic esters (lactones) is 2. The number of ether oxygens (including phenoxy) is 2. The van der Waals surface area contributed by atoms with E-state index in [0.717, 1.165) is 0 Å². The van der Waals surface area contributed by atoms with Crippen LogP contribution in [-0.2, 0) is 9.47 Å². The van der Waals surface area contributed by atoms with E-state index < -0.39 is 30.9 Å². The van der Waals surface area contributed by atoms with Crippen LogP contribution in [-0.4, -0.2) is 51.4 Å². The number of hydrogen-bond acceptors (Lipinski definition) is 7. The standard InChI is InChI=1S/C6H10O7/c7-2-3(8)1-4(9)6(11)12-5(10)13-6/h3-4,7-9,11H,1-2H2. The van der Waals surface area contributed by atoms with Crippen molar-refractivity contribution in [1.82, 2.24) is 0 Å². The van der Waals surface area contributed by atoms with E-state index in [1.54, 1.807) is 0 Å². The average Bonchev–Trinajstić information content (AvgIpc) is 2.01. The first-order chi connectivity index (χ1) is 5.98. The highest BCUT2D eigenvalue weighted by Crippen LogP contribution is 2.27. The predicted molar refractivity (Wildman–Crippen MR) is 36.2 cm³/mol. The Balaban J connectivity index is 2.39. The van der Waals surface area contributed by atoms with Crippen LogP contribution in [0.5, 0.6) is 0 Å². The maximum Gasteiger partial charge on any atom is 0.518 e. The van der Waals surface area contributed by atoms with Crippen LogP contribution < -0.4 is 0 Å². The first-order valence-corrected chi connectivity index (χ1v) is 3.59. The van der Waals surface area contributed by atoms with E-state index in [0.29, 0.717) is 0 Å². The first kappa shape index (κ1) is 10.2. The van der Waals surface area contributed by atoms with Crippen molar-refractivity contribution in [3.8, 4) is 0 Å². The lowest BCUT2D eigenvalue weighted by Crippen LogP contribution is -2.59. The summed E-state index contributed by atoms with van der Waals surface area (Å²) in [6, 6.07) is 0. The van der Waals surface area contributed by atoms with Crippen molar-refractivity contribution in [1.29, 1.82) is 0 Å². The van der Waals surface area contributed by atoms with Gasteiger partial charge in [-0.2, -0.15) is 0 Å². The molecule has 1 aliphatic heterocycles. The zero-order valence-corrected chi connectivity index (χ0v) is 6.58. The second-order valence-electron chi connectivity index (χ2n) is 2.67. The second-order valence-corrected chi connectivity index (χ2v) is 2.67. The summed E-state index contributed by atoms with van der Waals surface area (Å²) in [5, 5.41) is 35.5. The molecule has 0 radical (unpaired) electrons. The van der Waals surface area contributed by atoms with Crippen molar-refractivity contribution < 1.29 is 34.7 Å². The van der Waals surface area contributed by atoms with Crippen LogP contribution in [0.3, 0.4) is 0 Å². The van der Waals surface area contributed by atoms with E-state index in [1.165, 1.54) is 0 Å². The molecule has 1 heterocycles. The molecule has 0 aromatic rings. The molecule has 13 heavy (non-hydrogen) atoms. The molecule has 2 unspecified atom stereocenters. The Kier molecular flexibility index (Phi) is 2.71. The minimum atomic E-state index is -2.38. The Labute approximate surface area is 73.1 Å². The monoisotopic (exact) mass is 194 g/mol. The highest BCUT2D eigenvalue weighted by molar-refractivity contribution is 5.65.